The van der Waals surface area contributed by atoms with Crippen molar-refractivity contribution in [3.05, 3.63) is 41.0 Å². The summed E-state index contributed by atoms with van der Waals surface area (Å²) in [6.07, 6.45) is -6.90. The number of ether oxygens (including phenoxy) is 7. The third-order valence-electron chi connectivity index (χ3n) is 9.87. The van der Waals surface area contributed by atoms with Crippen molar-refractivity contribution < 1.29 is 68.0 Å². The van der Waals surface area contributed by atoms with Gasteiger partial charge in [-0.15, -0.1) is 0 Å². The average molecular weight is 667 g/mol. The quantitative estimate of drug-likeness (QED) is 0.197. The molecule has 2 aromatic carbocycles. The fourth-order valence-electron chi connectivity index (χ4n) is 7.42. The van der Waals surface area contributed by atoms with Gasteiger partial charge in [-0.3, -0.25) is 14.4 Å². The summed E-state index contributed by atoms with van der Waals surface area (Å²) in [5.41, 5.74) is -1.14. The van der Waals surface area contributed by atoms with E-state index in [4.69, 9.17) is 38.3 Å². The number of hydrogen-bond acceptors (Lipinski definition) is 13. The fraction of sp³-hybridized carbons (Fsp3) is 0.500. The van der Waals surface area contributed by atoms with Gasteiger partial charge < -0.3 is 53.6 Å². The van der Waals surface area contributed by atoms with Crippen LogP contribution in [0.25, 0.3) is 0 Å². The van der Waals surface area contributed by atoms with Crippen molar-refractivity contribution in [2.24, 2.45) is 0 Å². The van der Waals surface area contributed by atoms with E-state index in [1.165, 1.54) is 14.2 Å². The summed E-state index contributed by atoms with van der Waals surface area (Å²) in [6.45, 7) is -0.634. The lowest BCUT2D eigenvalue weighted by molar-refractivity contribution is -0.312. The molecular formula is C34H34O14. The molecule has 1 spiro atoms. The number of aliphatic carboxylic acids is 1. The topological polar surface area (TPSA) is 197 Å². The highest BCUT2D eigenvalue weighted by atomic mass is 16.7. The first kappa shape index (κ1) is 32.0. The summed E-state index contributed by atoms with van der Waals surface area (Å²) in [7, 11) is 3.07. The van der Waals surface area contributed by atoms with E-state index in [9.17, 15) is 29.7 Å². The van der Waals surface area contributed by atoms with Crippen molar-refractivity contribution in [3.8, 4) is 40.6 Å². The van der Waals surface area contributed by atoms with Gasteiger partial charge in [-0.05, 0) is 25.0 Å². The number of aliphatic hydroxyl groups is 3. The summed E-state index contributed by atoms with van der Waals surface area (Å²) in [4.78, 5) is 35.2. The largest absolute Gasteiger partial charge is 0.493 e. The van der Waals surface area contributed by atoms with Gasteiger partial charge in [-0.25, -0.2) is 0 Å². The number of carboxylic acid groups (broad SMARTS) is 1. The number of carbonyl (C=O) groups excluding carboxylic acids is 2. The zero-order valence-corrected chi connectivity index (χ0v) is 26.1. The minimum absolute atomic E-state index is 0.140. The Morgan fingerprint density at radius 3 is 2.52 bits per heavy atom. The zero-order valence-electron chi connectivity index (χ0n) is 26.1. The van der Waals surface area contributed by atoms with Gasteiger partial charge in [0, 0.05) is 36.5 Å². The summed E-state index contributed by atoms with van der Waals surface area (Å²) < 4.78 is 41.7. The number of ketones is 1. The molecule has 2 fully saturated rings. The smallest absolute Gasteiger partial charge is 0.317 e. The Kier molecular flexibility index (Phi) is 7.91. The van der Waals surface area contributed by atoms with Gasteiger partial charge in [-0.2, -0.15) is 0 Å². The van der Waals surface area contributed by atoms with Crippen LogP contribution >= 0.6 is 0 Å². The van der Waals surface area contributed by atoms with Crippen molar-refractivity contribution in [2.75, 3.05) is 20.8 Å². The molecule has 1 saturated heterocycles. The predicted octanol–water partition coefficient (Wildman–Crippen LogP) is 1.53. The van der Waals surface area contributed by atoms with Gasteiger partial charge in [0.25, 0.3) is 0 Å². The van der Waals surface area contributed by atoms with E-state index < -0.39 is 73.3 Å². The summed E-state index contributed by atoms with van der Waals surface area (Å²) >= 11 is 0. The molecule has 1 aliphatic carbocycles. The SMILES string of the molecule is COc1ccc2c(c1OC)OC1c3cc4c(cc3OC3(CCC(=O)CC3)C21)OC1OC(COC(=O)CC(=O)O)C(O)(CC#C4)C(O)C1O. The number of Topliss-reactive ketones (excluding diaryl/α,β-unsaturated/α-hetero) is 1. The van der Waals surface area contributed by atoms with Crippen LogP contribution < -0.4 is 23.7 Å². The molecule has 7 atom stereocenters. The highest BCUT2D eigenvalue weighted by molar-refractivity contribution is 5.90. The van der Waals surface area contributed by atoms with Crippen molar-refractivity contribution >= 4 is 17.7 Å². The van der Waals surface area contributed by atoms with E-state index in [0.717, 1.165) is 5.56 Å². The third kappa shape index (κ3) is 5.09. The number of esters is 1. The molecular weight excluding hydrogens is 632 g/mol. The molecule has 5 aliphatic heterocycles. The van der Waals surface area contributed by atoms with Crippen molar-refractivity contribution in [1.29, 1.82) is 0 Å². The number of benzene rings is 2. The Morgan fingerprint density at radius 1 is 1.04 bits per heavy atom. The standard InChI is InChI=1S/C34H34O14/c1-42-20-6-5-18-26-28(47-29(18)30(20)43-2)19-12-16-4-3-9-34(41)23(15-44-25(38)14-24(36)37)46-32(27(39)31(34)40)45-21(16)13-22(19)48-33(26)10-7-17(35)8-11-33/h5-6,12-13,23,26-28,31-32,39-41H,7-11,14-15H2,1-2H3,(H,36,37). The second-order valence-corrected chi connectivity index (χ2v) is 12.6. The maximum absolute atomic E-state index is 12.4. The van der Waals surface area contributed by atoms with Crippen LogP contribution in [0.1, 0.15) is 67.2 Å². The van der Waals surface area contributed by atoms with Crippen LogP contribution in [-0.4, -0.2) is 94.8 Å². The number of carboxylic acids is 1. The number of fused-ring (bicyclic) bond motifs is 9. The minimum atomic E-state index is -2.20. The van der Waals surface area contributed by atoms with Crippen molar-refractivity contribution in [1.82, 2.24) is 0 Å². The molecule has 14 heteroatoms. The highest BCUT2D eigenvalue weighted by Gasteiger charge is 2.59. The van der Waals surface area contributed by atoms with Gasteiger partial charge in [0.15, 0.2) is 11.5 Å². The second-order valence-electron chi connectivity index (χ2n) is 12.6. The first-order chi connectivity index (χ1) is 23.0. The van der Waals surface area contributed by atoms with Gasteiger partial charge in [0.05, 0.1) is 25.7 Å². The third-order valence-corrected chi connectivity index (χ3v) is 9.87. The molecule has 5 heterocycles. The zero-order chi connectivity index (χ0) is 34.0. The Hall–Kier alpha value is -4.55. The Morgan fingerprint density at radius 2 is 1.81 bits per heavy atom. The summed E-state index contributed by atoms with van der Waals surface area (Å²) in [5, 5.41) is 42.3. The highest BCUT2D eigenvalue weighted by Crippen LogP contribution is 2.63. The lowest BCUT2D eigenvalue weighted by Crippen LogP contribution is -2.68. The number of aliphatic hydroxyl groups excluding tert-OH is 2. The number of methoxy groups -OCH3 is 2. The molecule has 0 amide bonds. The number of rotatable bonds is 6. The van der Waals surface area contributed by atoms with E-state index >= 15 is 0 Å². The summed E-state index contributed by atoms with van der Waals surface area (Å²) in [5.74, 6) is 5.18. The first-order valence-electron chi connectivity index (χ1n) is 15.5. The molecule has 7 unspecified atom stereocenters. The fourth-order valence-corrected chi connectivity index (χ4v) is 7.42. The van der Waals surface area contributed by atoms with Gasteiger partial charge in [-0.1, -0.05) is 17.9 Å². The van der Waals surface area contributed by atoms with Crippen LogP contribution in [0.15, 0.2) is 24.3 Å². The molecule has 254 valence electrons. The van der Waals surface area contributed by atoms with Crippen molar-refractivity contribution in [2.45, 2.75) is 86.4 Å². The second kappa shape index (κ2) is 11.9. The lowest BCUT2D eigenvalue weighted by Gasteiger charge is -2.48. The van der Waals surface area contributed by atoms with Crippen LogP contribution in [0.4, 0.5) is 0 Å². The molecule has 4 N–H and O–H groups in total. The average Bonchev–Trinajstić information content (AvgIpc) is 3.46. The molecule has 0 aromatic heterocycles. The molecule has 2 aromatic rings. The Labute approximate surface area is 274 Å². The van der Waals surface area contributed by atoms with Crippen molar-refractivity contribution in [3.63, 3.8) is 0 Å². The molecule has 48 heavy (non-hydrogen) atoms. The minimum Gasteiger partial charge on any atom is -0.493 e. The van der Waals surface area contributed by atoms with E-state index in [0.29, 0.717) is 59.8 Å². The predicted molar refractivity (Wildman–Crippen MR) is 160 cm³/mol. The van der Waals surface area contributed by atoms with Crippen LogP contribution in [0, 0.1) is 11.8 Å². The maximum Gasteiger partial charge on any atom is 0.317 e. The van der Waals surface area contributed by atoms with Crippen LogP contribution in [0.3, 0.4) is 0 Å². The number of carbonyl (C=O) groups is 3. The summed E-state index contributed by atoms with van der Waals surface area (Å²) in [6, 6.07) is 7.09. The molecule has 6 aliphatic rings. The van der Waals surface area contributed by atoms with E-state index in [-0.39, 0.29) is 17.5 Å². The van der Waals surface area contributed by atoms with E-state index in [1.807, 2.05) is 12.1 Å². The Bertz CT molecular complexity index is 1730. The normalized spacial score (nSPS) is 30.5. The van der Waals surface area contributed by atoms with Gasteiger partial charge in [0.2, 0.25) is 12.0 Å². The van der Waals surface area contributed by atoms with Crippen LogP contribution in [0.5, 0.6) is 28.7 Å². The van der Waals surface area contributed by atoms with E-state index in [2.05, 4.69) is 11.8 Å². The van der Waals surface area contributed by atoms with Gasteiger partial charge in [0.1, 0.15) is 65.9 Å². The number of hydrogen-bond donors (Lipinski definition) is 4. The van der Waals surface area contributed by atoms with Gasteiger partial charge >= 0.3 is 11.9 Å². The first-order valence-corrected chi connectivity index (χ1v) is 15.5. The lowest BCUT2D eigenvalue weighted by atomic mass is 9.68. The maximum atomic E-state index is 12.4. The molecule has 14 nitrogen and oxygen atoms in total. The van der Waals surface area contributed by atoms with E-state index in [1.54, 1.807) is 12.1 Å². The molecule has 1 saturated carbocycles. The Balaban J connectivity index is 1.28. The van der Waals surface area contributed by atoms with Crippen LogP contribution in [-0.2, 0) is 23.9 Å². The monoisotopic (exact) mass is 666 g/mol. The molecule has 0 radical (unpaired) electrons. The molecule has 2 bridgehead atoms. The molecule has 8 rings (SSSR count). The van der Waals surface area contributed by atoms with Crippen LogP contribution in [0.2, 0.25) is 0 Å².